The van der Waals surface area contributed by atoms with Crippen LogP contribution in [0, 0.1) is 0 Å². The van der Waals surface area contributed by atoms with Crippen molar-refractivity contribution in [3.63, 3.8) is 0 Å². The molecular weight excluding hydrogens is 226 g/mol. The third-order valence-electron chi connectivity index (χ3n) is 1.97. The van der Waals surface area contributed by atoms with Crippen LogP contribution in [-0.2, 0) is 14.8 Å². The van der Waals surface area contributed by atoms with Gasteiger partial charge in [0, 0.05) is 24.1 Å². The molecule has 5 nitrogen and oxygen atoms in total. The number of carboxylic acids is 1. The zero-order valence-electron chi connectivity index (χ0n) is 7.84. The summed E-state index contributed by atoms with van der Waals surface area (Å²) in [7, 11) is -3.61. The Bertz CT molecular complexity index is 314. The van der Waals surface area contributed by atoms with E-state index >= 15 is 0 Å². The number of sulfonamides is 1. The van der Waals surface area contributed by atoms with E-state index in [1.165, 1.54) is 4.31 Å². The second-order valence-electron chi connectivity index (χ2n) is 3.18. The Morgan fingerprint density at radius 2 is 2.29 bits per heavy atom. The molecule has 0 aliphatic carbocycles. The molecule has 1 heterocycles. The first-order chi connectivity index (χ1) is 6.43. The van der Waals surface area contributed by atoms with Crippen molar-refractivity contribution in [3.8, 4) is 0 Å². The van der Waals surface area contributed by atoms with Gasteiger partial charge in [0.1, 0.15) is 0 Å². The van der Waals surface area contributed by atoms with Crippen molar-refractivity contribution >= 4 is 27.8 Å². The lowest BCUT2D eigenvalue weighted by Gasteiger charge is -2.31. The second kappa shape index (κ2) is 4.50. The first kappa shape index (κ1) is 11.8. The fourth-order valence-electron chi connectivity index (χ4n) is 1.36. The van der Waals surface area contributed by atoms with Crippen molar-refractivity contribution in [2.45, 2.75) is 13.0 Å². The Morgan fingerprint density at radius 3 is 2.79 bits per heavy atom. The van der Waals surface area contributed by atoms with Crippen molar-refractivity contribution in [1.82, 2.24) is 4.31 Å². The molecular formula is C7H13NO4S2. The van der Waals surface area contributed by atoms with E-state index in [9.17, 15) is 13.2 Å². The summed E-state index contributed by atoms with van der Waals surface area (Å²) in [5, 5.41) is 8.45. The van der Waals surface area contributed by atoms with Gasteiger partial charge in [0.15, 0.2) is 5.75 Å². The summed E-state index contributed by atoms with van der Waals surface area (Å²) in [4.78, 5) is 10.4. The molecule has 1 saturated heterocycles. The van der Waals surface area contributed by atoms with Gasteiger partial charge in [-0.15, -0.1) is 0 Å². The Labute approximate surface area is 87.5 Å². The van der Waals surface area contributed by atoms with E-state index in [0.717, 1.165) is 11.5 Å². The summed E-state index contributed by atoms with van der Waals surface area (Å²) in [5.74, 6) is -0.625. The Kier molecular flexibility index (Phi) is 3.79. The van der Waals surface area contributed by atoms with E-state index in [-0.39, 0.29) is 6.04 Å². The van der Waals surface area contributed by atoms with Gasteiger partial charge in [-0.25, -0.2) is 8.42 Å². The summed E-state index contributed by atoms with van der Waals surface area (Å²) in [6, 6.07) is -0.0990. The van der Waals surface area contributed by atoms with Gasteiger partial charge in [0.05, 0.1) is 0 Å². The molecule has 0 saturated carbocycles. The summed E-state index contributed by atoms with van der Waals surface area (Å²) < 4.78 is 24.4. The van der Waals surface area contributed by atoms with Gasteiger partial charge in [0.2, 0.25) is 10.0 Å². The molecule has 1 N–H and O–H groups in total. The lowest BCUT2D eigenvalue weighted by molar-refractivity contribution is -0.134. The van der Waals surface area contributed by atoms with Crippen LogP contribution in [0.15, 0.2) is 0 Å². The van der Waals surface area contributed by atoms with E-state index < -0.39 is 21.7 Å². The zero-order valence-corrected chi connectivity index (χ0v) is 9.47. The molecule has 0 aromatic heterocycles. The molecule has 0 spiro atoms. The molecule has 0 amide bonds. The lowest BCUT2D eigenvalue weighted by atomic mass is 10.4. The average Bonchev–Trinajstić information content (AvgIpc) is 2.02. The topological polar surface area (TPSA) is 74.7 Å². The number of aliphatic carboxylic acids is 1. The first-order valence-corrected chi connectivity index (χ1v) is 6.99. The molecule has 1 aliphatic rings. The Hall–Kier alpha value is -0.270. The first-order valence-electron chi connectivity index (χ1n) is 4.22. The highest BCUT2D eigenvalue weighted by Crippen LogP contribution is 2.19. The minimum Gasteiger partial charge on any atom is -0.480 e. The van der Waals surface area contributed by atoms with E-state index in [2.05, 4.69) is 0 Å². The molecule has 1 aliphatic heterocycles. The lowest BCUT2D eigenvalue weighted by Crippen LogP contribution is -2.46. The molecule has 0 aromatic rings. The fourth-order valence-corrected chi connectivity index (χ4v) is 4.06. The van der Waals surface area contributed by atoms with Crippen molar-refractivity contribution in [1.29, 1.82) is 0 Å². The predicted molar refractivity (Wildman–Crippen MR) is 54.9 cm³/mol. The molecule has 1 atom stereocenters. The van der Waals surface area contributed by atoms with Crippen LogP contribution in [0.3, 0.4) is 0 Å². The molecule has 0 radical (unpaired) electrons. The normalized spacial score (nSPS) is 24.8. The van der Waals surface area contributed by atoms with E-state index in [1.807, 2.05) is 0 Å². The molecule has 0 bridgehead atoms. The third-order valence-corrected chi connectivity index (χ3v) is 5.03. The predicted octanol–water partition coefficient (Wildman–Crippen LogP) is -0.162. The molecule has 1 rings (SSSR count). The number of hydrogen-bond donors (Lipinski definition) is 1. The van der Waals surface area contributed by atoms with Crippen molar-refractivity contribution in [2.75, 3.05) is 23.8 Å². The maximum atomic E-state index is 11.5. The maximum absolute atomic E-state index is 11.5. The molecule has 7 heteroatoms. The summed E-state index contributed by atoms with van der Waals surface area (Å²) >= 11 is 1.69. The highest BCUT2D eigenvalue weighted by Gasteiger charge is 2.31. The minimum atomic E-state index is -3.61. The molecule has 1 fully saturated rings. The minimum absolute atomic E-state index is 0.0990. The average molecular weight is 239 g/mol. The van der Waals surface area contributed by atoms with Gasteiger partial charge in [-0.2, -0.15) is 16.1 Å². The van der Waals surface area contributed by atoms with Crippen LogP contribution in [0.1, 0.15) is 6.92 Å². The highest BCUT2D eigenvalue weighted by atomic mass is 32.2. The molecule has 1 unspecified atom stereocenters. The number of hydrogen-bond acceptors (Lipinski definition) is 4. The maximum Gasteiger partial charge on any atom is 0.320 e. The molecule has 14 heavy (non-hydrogen) atoms. The third kappa shape index (κ3) is 2.86. The SMILES string of the molecule is CC1CSCCN1S(=O)(=O)CC(=O)O. The van der Waals surface area contributed by atoms with Gasteiger partial charge in [-0.05, 0) is 6.92 Å². The van der Waals surface area contributed by atoms with Crippen LogP contribution in [0.2, 0.25) is 0 Å². The summed E-state index contributed by atoms with van der Waals surface area (Å²) in [6.45, 7) is 2.22. The van der Waals surface area contributed by atoms with Crippen LogP contribution in [0.5, 0.6) is 0 Å². The number of rotatable bonds is 3. The van der Waals surface area contributed by atoms with Crippen LogP contribution >= 0.6 is 11.8 Å². The quantitative estimate of drug-likeness (QED) is 0.740. The number of thioether (sulfide) groups is 1. The van der Waals surface area contributed by atoms with Crippen molar-refractivity contribution in [2.24, 2.45) is 0 Å². The zero-order chi connectivity index (χ0) is 10.8. The van der Waals surface area contributed by atoms with Gasteiger partial charge in [-0.1, -0.05) is 0 Å². The largest absolute Gasteiger partial charge is 0.480 e. The number of carboxylic acid groups (broad SMARTS) is 1. The van der Waals surface area contributed by atoms with E-state index in [1.54, 1.807) is 18.7 Å². The monoisotopic (exact) mass is 239 g/mol. The fraction of sp³-hybridized carbons (Fsp3) is 0.857. The highest BCUT2D eigenvalue weighted by molar-refractivity contribution is 7.99. The summed E-state index contributed by atoms with van der Waals surface area (Å²) in [6.07, 6.45) is 0. The number of nitrogens with zero attached hydrogens (tertiary/aromatic N) is 1. The van der Waals surface area contributed by atoms with Gasteiger partial charge < -0.3 is 5.11 Å². The van der Waals surface area contributed by atoms with Gasteiger partial charge >= 0.3 is 5.97 Å². The van der Waals surface area contributed by atoms with Crippen LogP contribution in [0.4, 0.5) is 0 Å². The molecule has 82 valence electrons. The number of carbonyl (C=O) groups is 1. The van der Waals surface area contributed by atoms with Crippen LogP contribution in [-0.4, -0.2) is 53.6 Å². The summed E-state index contributed by atoms with van der Waals surface area (Å²) in [5.41, 5.74) is 0. The second-order valence-corrected chi connectivity index (χ2v) is 6.26. The Morgan fingerprint density at radius 1 is 1.64 bits per heavy atom. The van der Waals surface area contributed by atoms with E-state index in [0.29, 0.717) is 6.54 Å². The van der Waals surface area contributed by atoms with Gasteiger partial charge in [0.25, 0.3) is 0 Å². The van der Waals surface area contributed by atoms with E-state index in [4.69, 9.17) is 5.11 Å². The standard InChI is InChI=1S/C7H13NO4S2/c1-6-4-13-3-2-8(6)14(11,12)5-7(9)10/h6H,2-5H2,1H3,(H,9,10). The van der Waals surface area contributed by atoms with Crippen LogP contribution in [0.25, 0.3) is 0 Å². The molecule has 0 aromatic carbocycles. The van der Waals surface area contributed by atoms with Crippen LogP contribution < -0.4 is 0 Å². The van der Waals surface area contributed by atoms with Crippen molar-refractivity contribution < 1.29 is 18.3 Å². The van der Waals surface area contributed by atoms with Crippen molar-refractivity contribution in [3.05, 3.63) is 0 Å². The smallest absolute Gasteiger partial charge is 0.320 e. The Balaban J connectivity index is 2.75. The van der Waals surface area contributed by atoms with Gasteiger partial charge in [-0.3, -0.25) is 4.79 Å².